The zero-order chi connectivity index (χ0) is 22.9. The molecule has 4 rings (SSSR count). The number of allylic oxidation sites excluding steroid dienone is 3. The van der Waals surface area contributed by atoms with E-state index in [1.165, 1.54) is 93.4 Å². The van der Waals surface area contributed by atoms with E-state index in [-0.39, 0.29) is 0 Å². The van der Waals surface area contributed by atoms with Crippen LogP contribution < -0.4 is 0 Å². The maximum absolute atomic E-state index is 3.89. The van der Waals surface area contributed by atoms with Crippen LogP contribution in [0.4, 0.5) is 0 Å². The maximum atomic E-state index is 3.89. The standard InChI is InChI=1S/C33H46/c1-3-5-7-9-29-18-21-33-25-32(23-22-31(33)24-29)30-19-16-28(17-20-30)15-14-27-12-10-26(11-13-27)8-6-4-2/h3-5,18,21-28,30H,2,6-17,19-20H2,1H3/b5-3+. The Morgan fingerprint density at radius 3 is 2.00 bits per heavy atom. The minimum Gasteiger partial charge on any atom is -0.103 e. The van der Waals surface area contributed by atoms with Gasteiger partial charge in [0.15, 0.2) is 0 Å². The van der Waals surface area contributed by atoms with E-state index in [1.807, 2.05) is 0 Å². The molecule has 2 aliphatic carbocycles. The lowest BCUT2D eigenvalue weighted by atomic mass is 9.74. The maximum Gasteiger partial charge on any atom is -0.0162 e. The summed E-state index contributed by atoms with van der Waals surface area (Å²) in [6, 6.07) is 14.4. The Labute approximate surface area is 203 Å². The average molecular weight is 443 g/mol. The lowest BCUT2D eigenvalue weighted by molar-refractivity contribution is 0.225. The van der Waals surface area contributed by atoms with Gasteiger partial charge in [-0.25, -0.2) is 0 Å². The van der Waals surface area contributed by atoms with Crippen LogP contribution in [0.25, 0.3) is 10.8 Å². The molecule has 2 fully saturated rings. The molecule has 0 radical (unpaired) electrons. The van der Waals surface area contributed by atoms with E-state index < -0.39 is 0 Å². The molecule has 2 aromatic rings. The van der Waals surface area contributed by atoms with Crippen molar-refractivity contribution in [3.05, 3.63) is 72.3 Å². The van der Waals surface area contributed by atoms with Gasteiger partial charge in [0.2, 0.25) is 0 Å². The molecule has 0 bridgehead atoms. The lowest BCUT2D eigenvalue weighted by Crippen LogP contribution is -2.17. The number of rotatable bonds is 10. The third-order valence-electron chi connectivity index (χ3n) is 8.81. The Bertz CT molecular complexity index is 887. The van der Waals surface area contributed by atoms with E-state index in [2.05, 4.69) is 68.1 Å². The predicted molar refractivity (Wildman–Crippen MR) is 146 cm³/mol. The second-order valence-corrected chi connectivity index (χ2v) is 11.1. The van der Waals surface area contributed by atoms with Gasteiger partial charge in [-0.05, 0) is 104 Å². The van der Waals surface area contributed by atoms with Gasteiger partial charge in [-0.15, -0.1) is 6.58 Å². The summed E-state index contributed by atoms with van der Waals surface area (Å²) in [4.78, 5) is 0. The molecule has 0 spiro atoms. The Hall–Kier alpha value is -1.82. The Kier molecular flexibility index (Phi) is 9.27. The van der Waals surface area contributed by atoms with Crippen LogP contribution in [0.3, 0.4) is 0 Å². The summed E-state index contributed by atoms with van der Waals surface area (Å²) in [6.07, 6.45) is 26.0. The molecule has 0 N–H and O–H groups in total. The van der Waals surface area contributed by atoms with Crippen LogP contribution in [-0.2, 0) is 6.42 Å². The third-order valence-corrected chi connectivity index (χ3v) is 8.81. The van der Waals surface area contributed by atoms with E-state index in [0.29, 0.717) is 0 Å². The first-order valence-electron chi connectivity index (χ1n) is 14.0. The molecule has 0 heterocycles. The van der Waals surface area contributed by atoms with Crippen molar-refractivity contribution in [3.63, 3.8) is 0 Å². The number of fused-ring (bicyclic) bond motifs is 1. The summed E-state index contributed by atoms with van der Waals surface area (Å²) in [5.74, 6) is 3.77. The summed E-state index contributed by atoms with van der Waals surface area (Å²) in [7, 11) is 0. The number of benzene rings is 2. The van der Waals surface area contributed by atoms with E-state index in [9.17, 15) is 0 Å². The first-order chi connectivity index (χ1) is 16.2. The highest BCUT2D eigenvalue weighted by Crippen LogP contribution is 2.40. The predicted octanol–water partition coefficient (Wildman–Crippen LogP) is 10.2. The number of aryl methyl sites for hydroxylation is 1. The zero-order valence-electron chi connectivity index (χ0n) is 21.1. The quantitative estimate of drug-likeness (QED) is 0.321. The molecular weight excluding hydrogens is 396 g/mol. The molecule has 0 unspecified atom stereocenters. The van der Waals surface area contributed by atoms with Gasteiger partial charge in [0.05, 0.1) is 0 Å². The molecule has 2 aromatic carbocycles. The van der Waals surface area contributed by atoms with Gasteiger partial charge >= 0.3 is 0 Å². The van der Waals surface area contributed by atoms with Gasteiger partial charge in [0, 0.05) is 0 Å². The van der Waals surface area contributed by atoms with Crippen molar-refractivity contribution < 1.29 is 0 Å². The molecule has 0 nitrogen and oxygen atoms in total. The number of hydrogen-bond donors (Lipinski definition) is 0. The van der Waals surface area contributed by atoms with Crippen molar-refractivity contribution in [1.82, 2.24) is 0 Å². The summed E-state index contributed by atoms with van der Waals surface area (Å²) in [5, 5.41) is 2.83. The Morgan fingerprint density at radius 1 is 0.727 bits per heavy atom. The topological polar surface area (TPSA) is 0 Å². The van der Waals surface area contributed by atoms with Crippen molar-refractivity contribution >= 4 is 10.8 Å². The molecule has 178 valence electrons. The van der Waals surface area contributed by atoms with Gasteiger partial charge in [0.1, 0.15) is 0 Å². The summed E-state index contributed by atoms with van der Waals surface area (Å²) >= 11 is 0. The number of hydrogen-bond acceptors (Lipinski definition) is 0. The van der Waals surface area contributed by atoms with Gasteiger partial charge in [0.25, 0.3) is 0 Å². The SMILES string of the molecule is C=CCCC1CCC(CCC2CCC(c3ccc4cc(CC/C=C/C)ccc4c3)CC2)CC1. The second kappa shape index (κ2) is 12.6. The van der Waals surface area contributed by atoms with Crippen molar-refractivity contribution in [2.75, 3.05) is 0 Å². The lowest BCUT2D eigenvalue weighted by Gasteiger charge is -2.32. The van der Waals surface area contributed by atoms with Crippen molar-refractivity contribution in [2.24, 2.45) is 17.8 Å². The average Bonchev–Trinajstić information content (AvgIpc) is 2.87. The van der Waals surface area contributed by atoms with Crippen LogP contribution in [0.5, 0.6) is 0 Å². The van der Waals surface area contributed by atoms with Crippen LogP contribution in [0, 0.1) is 17.8 Å². The summed E-state index contributed by atoms with van der Waals surface area (Å²) < 4.78 is 0. The Balaban J connectivity index is 1.21. The van der Waals surface area contributed by atoms with Crippen LogP contribution in [-0.4, -0.2) is 0 Å². The highest BCUT2D eigenvalue weighted by atomic mass is 14.3. The fourth-order valence-corrected chi connectivity index (χ4v) is 6.56. The summed E-state index contributed by atoms with van der Waals surface area (Å²) in [5.41, 5.74) is 3.04. The molecule has 0 heteroatoms. The van der Waals surface area contributed by atoms with E-state index in [4.69, 9.17) is 0 Å². The molecule has 0 atom stereocenters. The normalized spacial score (nSPS) is 26.1. The largest absolute Gasteiger partial charge is 0.103 e. The Morgan fingerprint density at radius 2 is 1.33 bits per heavy atom. The van der Waals surface area contributed by atoms with Gasteiger partial charge < -0.3 is 0 Å². The molecular formula is C33H46. The summed E-state index contributed by atoms with van der Waals surface area (Å²) in [6.45, 7) is 6.00. The van der Waals surface area contributed by atoms with E-state index in [1.54, 1.807) is 5.56 Å². The minimum atomic E-state index is 0.778. The molecule has 2 saturated carbocycles. The molecule has 0 saturated heterocycles. The minimum absolute atomic E-state index is 0.778. The van der Waals surface area contributed by atoms with E-state index in [0.717, 1.165) is 36.5 Å². The highest BCUT2D eigenvalue weighted by Gasteiger charge is 2.25. The van der Waals surface area contributed by atoms with Gasteiger partial charge in [-0.3, -0.25) is 0 Å². The molecule has 2 aliphatic rings. The van der Waals surface area contributed by atoms with Crippen molar-refractivity contribution in [2.45, 2.75) is 103 Å². The zero-order valence-corrected chi connectivity index (χ0v) is 21.1. The van der Waals surface area contributed by atoms with Crippen LogP contribution in [0.15, 0.2) is 61.2 Å². The van der Waals surface area contributed by atoms with Gasteiger partial charge in [-0.2, -0.15) is 0 Å². The highest BCUT2D eigenvalue weighted by molar-refractivity contribution is 5.84. The molecule has 0 aliphatic heterocycles. The third kappa shape index (κ3) is 7.08. The molecule has 0 amide bonds. The first-order valence-corrected chi connectivity index (χ1v) is 14.0. The fraction of sp³-hybridized carbons (Fsp3) is 0.576. The van der Waals surface area contributed by atoms with Crippen LogP contribution in [0.1, 0.15) is 107 Å². The second-order valence-electron chi connectivity index (χ2n) is 11.1. The van der Waals surface area contributed by atoms with Gasteiger partial charge in [-0.1, -0.05) is 93.2 Å². The smallest absolute Gasteiger partial charge is 0.0162 e. The van der Waals surface area contributed by atoms with E-state index >= 15 is 0 Å². The fourth-order valence-electron chi connectivity index (χ4n) is 6.56. The molecule has 33 heavy (non-hydrogen) atoms. The monoisotopic (exact) mass is 442 g/mol. The van der Waals surface area contributed by atoms with Crippen LogP contribution in [0.2, 0.25) is 0 Å². The van der Waals surface area contributed by atoms with Crippen LogP contribution >= 0.6 is 0 Å². The van der Waals surface area contributed by atoms with Crippen molar-refractivity contribution in [1.29, 1.82) is 0 Å². The van der Waals surface area contributed by atoms with Crippen molar-refractivity contribution in [3.8, 4) is 0 Å². The molecule has 0 aromatic heterocycles. The first kappa shape index (κ1) is 24.3.